The molecular weight excluding hydrogens is 1010 g/mol. The van der Waals surface area contributed by atoms with Gasteiger partial charge in [-0.15, -0.1) is 0 Å². The molecule has 0 bridgehead atoms. The molecule has 0 aliphatic heterocycles. The summed E-state index contributed by atoms with van der Waals surface area (Å²) in [6, 6.07) is 118. The van der Waals surface area contributed by atoms with Gasteiger partial charge in [0.15, 0.2) is 0 Å². The summed E-state index contributed by atoms with van der Waals surface area (Å²) < 4.78 is 6.25. The first-order valence-corrected chi connectivity index (χ1v) is 28.3. The van der Waals surface area contributed by atoms with E-state index in [2.05, 4.69) is 337 Å². The van der Waals surface area contributed by atoms with Gasteiger partial charge < -0.3 is 19.1 Å². The van der Waals surface area contributed by atoms with Crippen LogP contribution < -0.4 is 14.7 Å². The van der Waals surface area contributed by atoms with Crippen LogP contribution >= 0.6 is 0 Å². The Hall–Kier alpha value is -10.9. The van der Waals surface area contributed by atoms with Crippen LogP contribution in [0.2, 0.25) is 0 Å². The summed E-state index contributed by atoms with van der Waals surface area (Å²) in [5.74, 6) is 0. The zero-order chi connectivity index (χ0) is 55.5. The maximum absolute atomic E-state index is 6.25. The predicted octanol–water partition coefficient (Wildman–Crippen LogP) is 22.6. The van der Waals surface area contributed by atoms with Crippen molar-refractivity contribution >= 4 is 73.1 Å². The third-order valence-electron chi connectivity index (χ3n) is 15.7. The number of aryl methyl sites for hydroxylation is 1. The molecule has 13 aromatic carbocycles. The Kier molecular flexibility index (Phi) is 13.5. The Labute approximate surface area is 485 Å². The first-order chi connectivity index (χ1) is 41.0. The second-order valence-corrected chi connectivity index (χ2v) is 21.1. The van der Waals surface area contributed by atoms with E-state index in [0.717, 1.165) is 107 Å². The number of nitrogens with zero attached hydrogens (tertiary/aromatic N) is 3. The lowest BCUT2D eigenvalue weighted by Crippen LogP contribution is -2.16. The highest BCUT2D eigenvalue weighted by molar-refractivity contribution is 6.06. The molecule has 1 aromatic heterocycles. The van der Waals surface area contributed by atoms with Crippen molar-refractivity contribution in [3.63, 3.8) is 0 Å². The molecule has 1 heterocycles. The quantitative estimate of drug-likeness (QED) is 0.108. The standard InChI is InChI=1S/C79H57N3O/c1-56-17-16-26-72(51-56)82(71-48-37-65(38-49-71)66-39-50-79-77(52-66)76-27-14-15-28-78(76)83-79)75-54-73(80(67-40-29-61(30-41-67)57-18-6-2-7-19-57)68-42-31-62(32-43-68)58-20-8-3-9-21-58)53-74(55-75)81(69-44-33-63(34-45-69)59-22-10-4-11-23-59)70-46-35-64(36-47-70)60-24-12-5-13-25-60/h2-55H,1H3. The van der Waals surface area contributed by atoms with E-state index in [1.807, 2.05) is 12.1 Å². The summed E-state index contributed by atoms with van der Waals surface area (Å²) in [4.78, 5) is 7.21. The van der Waals surface area contributed by atoms with Crippen molar-refractivity contribution in [1.82, 2.24) is 0 Å². The number of hydrogen-bond donors (Lipinski definition) is 0. The molecule has 0 saturated heterocycles. The Morgan fingerprint density at radius 2 is 0.494 bits per heavy atom. The maximum Gasteiger partial charge on any atom is 0.135 e. The highest BCUT2D eigenvalue weighted by Crippen LogP contribution is 2.47. The average molecular weight is 1060 g/mol. The summed E-state index contributed by atoms with van der Waals surface area (Å²) in [7, 11) is 0. The van der Waals surface area contributed by atoms with E-state index in [-0.39, 0.29) is 0 Å². The van der Waals surface area contributed by atoms with E-state index in [1.54, 1.807) is 0 Å². The summed E-state index contributed by atoms with van der Waals surface area (Å²) in [5.41, 5.74) is 23.6. The third-order valence-corrected chi connectivity index (χ3v) is 15.7. The molecule has 0 aliphatic rings. The highest BCUT2D eigenvalue weighted by atomic mass is 16.3. The lowest BCUT2D eigenvalue weighted by Gasteiger charge is -2.33. The van der Waals surface area contributed by atoms with E-state index in [4.69, 9.17) is 4.42 Å². The fraction of sp³-hybridized carbons (Fsp3) is 0.0127. The van der Waals surface area contributed by atoms with Crippen LogP contribution in [0, 0.1) is 6.92 Å². The normalized spacial score (nSPS) is 11.2. The fourth-order valence-electron chi connectivity index (χ4n) is 11.5. The van der Waals surface area contributed by atoms with Crippen LogP contribution in [0.1, 0.15) is 5.56 Å². The lowest BCUT2D eigenvalue weighted by molar-refractivity contribution is 0.669. The molecule has 0 saturated carbocycles. The molecule has 0 amide bonds. The molecule has 0 unspecified atom stereocenters. The topological polar surface area (TPSA) is 22.9 Å². The maximum atomic E-state index is 6.25. The van der Waals surface area contributed by atoms with Gasteiger partial charge in [-0.25, -0.2) is 0 Å². The van der Waals surface area contributed by atoms with Crippen LogP contribution in [-0.2, 0) is 0 Å². The van der Waals surface area contributed by atoms with Crippen molar-refractivity contribution in [2.75, 3.05) is 14.7 Å². The van der Waals surface area contributed by atoms with Gasteiger partial charge in [-0.2, -0.15) is 0 Å². The van der Waals surface area contributed by atoms with Crippen LogP contribution in [0.15, 0.2) is 332 Å². The predicted molar refractivity (Wildman–Crippen MR) is 350 cm³/mol. The van der Waals surface area contributed by atoms with E-state index in [0.29, 0.717) is 0 Å². The Morgan fingerprint density at radius 1 is 0.193 bits per heavy atom. The first kappa shape index (κ1) is 50.3. The minimum atomic E-state index is 0.884. The fourth-order valence-corrected chi connectivity index (χ4v) is 11.5. The van der Waals surface area contributed by atoms with Crippen molar-refractivity contribution in [2.24, 2.45) is 0 Å². The molecule has 4 nitrogen and oxygen atoms in total. The number of anilines is 9. The molecule has 394 valence electrons. The van der Waals surface area contributed by atoms with E-state index < -0.39 is 0 Å². The molecular formula is C79H57N3O. The minimum Gasteiger partial charge on any atom is -0.456 e. The highest BCUT2D eigenvalue weighted by Gasteiger charge is 2.24. The summed E-state index contributed by atoms with van der Waals surface area (Å²) in [5, 5.41) is 2.22. The zero-order valence-corrected chi connectivity index (χ0v) is 45.9. The Bertz CT molecular complexity index is 4150. The smallest absolute Gasteiger partial charge is 0.135 e. The van der Waals surface area contributed by atoms with Gasteiger partial charge in [-0.3, -0.25) is 0 Å². The molecule has 0 spiro atoms. The van der Waals surface area contributed by atoms with Gasteiger partial charge in [0.1, 0.15) is 11.2 Å². The lowest BCUT2D eigenvalue weighted by atomic mass is 10.0. The van der Waals surface area contributed by atoms with Gasteiger partial charge in [0.2, 0.25) is 0 Å². The minimum absolute atomic E-state index is 0.884. The molecule has 14 aromatic rings. The van der Waals surface area contributed by atoms with Crippen molar-refractivity contribution in [2.45, 2.75) is 6.92 Å². The largest absolute Gasteiger partial charge is 0.456 e. The van der Waals surface area contributed by atoms with Crippen LogP contribution in [0.5, 0.6) is 0 Å². The van der Waals surface area contributed by atoms with Crippen molar-refractivity contribution in [1.29, 1.82) is 0 Å². The van der Waals surface area contributed by atoms with Gasteiger partial charge in [0.25, 0.3) is 0 Å². The number of fused-ring (bicyclic) bond motifs is 3. The monoisotopic (exact) mass is 1060 g/mol. The van der Waals surface area contributed by atoms with Crippen molar-refractivity contribution in [3.8, 4) is 55.6 Å². The van der Waals surface area contributed by atoms with E-state index in [9.17, 15) is 0 Å². The molecule has 14 rings (SSSR count). The molecule has 83 heavy (non-hydrogen) atoms. The summed E-state index contributed by atoms with van der Waals surface area (Å²) in [6.07, 6.45) is 0. The van der Waals surface area contributed by atoms with Crippen molar-refractivity contribution in [3.05, 3.63) is 333 Å². The zero-order valence-electron chi connectivity index (χ0n) is 45.9. The second-order valence-electron chi connectivity index (χ2n) is 21.1. The molecule has 0 atom stereocenters. The number of furan rings is 1. The van der Waals surface area contributed by atoms with Gasteiger partial charge in [-0.1, -0.05) is 218 Å². The second kappa shape index (κ2) is 22.3. The molecule has 4 heteroatoms. The third kappa shape index (κ3) is 10.3. The van der Waals surface area contributed by atoms with Gasteiger partial charge in [-0.05, 0) is 177 Å². The van der Waals surface area contributed by atoms with Crippen LogP contribution in [0.4, 0.5) is 51.2 Å². The summed E-state index contributed by atoms with van der Waals surface area (Å²) >= 11 is 0. The van der Waals surface area contributed by atoms with E-state index >= 15 is 0 Å². The number of hydrogen-bond acceptors (Lipinski definition) is 4. The molecule has 0 aliphatic carbocycles. The SMILES string of the molecule is Cc1cccc(N(c2ccc(-c3ccc4oc5ccccc5c4c3)cc2)c2cc(N(c3ccc(-c4ccccc4)cc3)c3ccc(-c4ccccc4)cc3)cc(N(c3ccc(-c4ccccc4)cc3)c3ccc(-c4ccccc4)cc3)c2)c1. The van der Waals surface area contributed by atoms with Gasteiger partial charge in [0, 0.05) is 44.9 Å². The molecule has 0 radical (unpaired) electrons. The first-order valence-electron chi connectivity index (χ1n) is 28.3. The van der Waals surface area contributed by atoms with Crippen molar-refractivity contribution < 1.29 is 4.42 Å². The Balaban J connectivity index is 0.983. The van der Waals surface area contributed by atoms with Gasteiger partial charge in [0.05, 0.1) is 17.1 Å². The average Bonchev–Trinajstić information content (AvgIpc) is 4.00. The van der Waals surface area contributed by atoms with Gasteiger partial charge >= 0.3 is 0 Å². The van der Waals surface area contributed by atoms with Crippen LogP contribution in [-0.4, -0.2) is 0 Å². The number of benzene rings is 13. The Morgan fingerprint density at radius 3 is 0.867 bits per heavy atom. The molecule has 0 N–H and O–H groups in total. The number of rotatable bonds is 14. The van der Waals surface area contributed by atoms with E-state index in [1.165, 1.54) is 27.8 Å². The molecule has 0 fully saturated rings. The van der Waals surface area contributed by atoms with Crippen LogP contribution in [0.3, 0.4) is 0 Å². The summed E-state index contributed by atoms with van der Waals surface area (Å²) in [6.45, 7) is 2.17. The number of para-hydroxylation sites is 1. The van der Waals surface area contributed by atoms with Crippen LogP contribution in [0.25, 0.3) is 77.6 Å².